The number of aromatic nitrogens is 2. The summed E-state index contributed by atoms with van der Waals surface area (Å²) in [6, 6.07) is 3.73. The van der Waals surface area contributed by atoms with Gasteiger partial charge in [0.2, 0.25) is 0 Å². The number of allylic oxidation sites excluding steroid dienone is 1. The van der Waals surface area contributed by atoms with Gasteiger partial charge in [-0.3, -0.25) is 13.9 Å². The number of hydrogen-bond acceptors (Lipinski definition) is 6. The molecule has 126 valence electrons. The molecule has 3 heterocycles. The van der Waals surface area contributed by atoms with Crippen molar-refractivity contribution in [2.24, 2.45) is 14.1 Å². The number of esters is 1. The van der Waals surface area contributed by atoms with Crippen LogP contribution < -0.4 is 16.6 Å². The molecule has 0 fully saturated rings. The zero-order valence-electron chi connectivity index (χ0n) is 13.7. The second-order valence-electron chi connectivity index (χ2n) is 5.57. The number of ether oxygens (including phenoxy) is 1. The summed E-state index contributed by atoms with van der Waals surface area (Å²) in [7, 11) is 4.33. The molecule has 1 N–H and O–H groups in total. The minimum atomic E-state index is -0.570. The molecule has 8 heteroatoms. The van der Waals surface area contributed by atoms with E-state index in [1.54, 1.807) is 14.0 Å². The van der Waals surface area contributed by atoms with Crippen LogP contribution in [0.3, 0.4) is 0 Å². The number of anilines is 1. The molecule has 24 heavy (non-hydrogen) atoms. The van der Waals surface area contributed by atoms with E-state index >= 15 is 0 Å². The molecular formula is C16H17N3O4S. The van der Waals surface area contributed by atoms with Gasteiger partial charge in [0.1, 0.15) is 5.82 Å². The Balaban J connectivity index is 2.41. The van der Waals surface area contributed by atoms with Gasteiger partial charge in [0.25, 0.3) is 5.56 Å². The van der Waals surface area contributed by atoms with Crippen LogP contribution in [0.2, 0.25) is 0 Å². The van der Waals surface area contributed by atoms with E-state index in [-0.39, 0.29) is 0 Å². The third-order valence-corrected chi connectivity index (χ3v) is 5.16. The molecule has 1 aliphatic rings. The lowest BCUT2D eigenvalue weighted by molar-refractivity contribution is -0.136. The zero-order chi connectivity index (χ0) is 17.6. The second kappa shape index (κ2) is 5.79. The summed E-state index contributed by atoms with van der Waals surface area (Å²) in [5, 5.41) is 4.91. The van der Waals surface area contributed by atoms with Gasteiger partial charge in [-0.2, -0.15) is 0 Å². The highest BCUT2D eigenvalue weighted by Crippen LogP contribution is 2.41. The number of nitrogens with zero attached hydrogens (tertiary/aromatic N) is 2. The highest BCUT2D eigenvalue weighted by molar-refractivity contribution is 7.10. The summed E-state index contributed by atoms with van der Waals surface area (Å²) in [5.41, 5.74) is 0.464. The van der Waals surface area contributed by atoms with Gasteiger partial charge >= 0.3 is 11.7 Å². The van der Waals surface area contributed by atoms with E-state index in [0.717, 1.165) is 9.44 Å². The van der Waals surface area contributed by atoms with E-state index in [9.17, 15) is 14.4 Å². The Bertz CT molecular complexity index is 966. The maximum Gasteiger partial charge on any atom is 0.336 e. The average Bonchev–Trinajstić information content (AvgIpc) is 3.10. The number of nitrogens with one attached hydrogen (secondary N) is 1. The number of methoxy groups -OCH3 is 1. The summed E-state index contributed by atoms with van der Waals surface area (Å²) in [5.74, 6) is -0.661. The highest BCUT2D eigenvalue weighted by Gasteiger charge is 2.37. The van der Waals surface area contributed by atoms with Crippen LogP contribution in [0.1, 0.15) is 23.3 Å². The monoisotopic (exact) mass is 347 g/mol. The van der Waals surface area contributed by atoms with Crippen molar-refractivity contribution in [3.63, 3.8) is 0 Å². The Labute approximate surface area is 141 Å². The zero-order valence-corrected chi connectivity index (χ0v) is 14.6. The summed E-state index contributed by atoms with van der Waals surface area (Å²) in [4.78, 5) is 38.2. The second-order valence-corrected chi connectivity index (χ2v) is 6.55. The van der Waals surface area contributed by atoms with E-state index < -0.39 is 23.1 Å². The van der Waals surface area contributed by atoms with E-state index in [1.807, 2.05) is 17.5 Å². The van der Waals surface area contributed by atoms with Crippen molar-refractivity contribution < 1.29 is 9.53 Å². The first-order valence-electron chi connectivity index (χ1n) is 7.27. The standard InChI is InChI=1S/C16H17N3O4S/c1-8-10(15(21)23-4)11(9-6-5-7-24-9)12-13(17-8)18(2)16(22)19(3)14(12)20/h5-7,11,17H,1-4H3/t11-/m1/s1. The lowest BCUT2D eigenvalue weighted by Gasteiger charge is -2.29. The molecule has 0 aromatic carbocycles. The first kappa shape index (κ1) is 16.3. The molecular weight excluding hydrogens is 330 g/mol. The van der Waals surface area contributed by atoms with Crippen LogP contribution in [-0.4, -0.2) is 22.2 Å². The predicted molar refractivity (Wildman–Crippen MR) is 91.4 cm³/mol. The predicted octanol–water partition coefficient (Wildman–Crippen LogP) is 1.15. The summed E-state index contributed by atoms with van der Waals surface area (Å²) in [6.45, 7) is 1.73. The molecule has 0 aliphatic carbocycles. The number of carbonyl (C=O) groups excluding carboxylic acids is 1. The fourth-order valence-electron chi connectivity index (χ4n) is 3.01. The van der Waals surface area contributed by atoms with Crippen molar-refractivity contribution in [3.8, 4) is 0 Å². The fraction of sp³-hybridized carbons (Fsp3) is 0.312. The van der Waals surface area contributed by atoms with Crippen molar-refractivity contribution >= 4 is 23.1 Å². The number of carbonyl (C=O) groups is 1. The number of fused-ring (bicyclic) bond motifs is 1. The molecule has 0 amide bonds. The molecule has 1 aliphatic heterocycles. The van der Waals surface area contributed by atoms with Crippen molar-refractivity contribution in [1.29, 1.82) is 0 Å². The molecule has 1 atom stereocenters. The first-order chi connectivity index (χ1) is 11.4. The summed E-state index contributed by atoms with van der Waals surface area (Å²) >= 11 is 1.45. The first-order valence-corrected chi connectivity index (χ1v) is 8.15. The number of thiophene rings is 1. The molecule has 0 spiro atoms. The molecule has 0 radical (unpaired) electrons. The molecule has 0 saturated heterocycles. The van der Waals surface area contributed by atoms with Crippen LogP contribution in [0.15, 0.2) is 38.4 Å². The topological polar surface area (TPSA) is 82.3 Å². The minimum absolute atomic E-state index is 0.369. The lowest BCUT2D eigenvalue weighted by Crippen LogP contribution is -2.43. The van der Waals surface area contributed by atoms with Gasteiger partial charge in [0.15, 0.2) is 0 Å². The molecule has 7 nitrogen and oxygen atoms in total. The third-order valence-electron chi connectivity index (χ3n) is 4.22. The maximum atomic E-state index is 12.8. The van der Waals surface area contributed by atoms with E-state index in [1.165, 1.54) is 30.1 Å². The molecule has 3 rings (SSSR count). The smallest absolute Gasteiger partial charge is 0.336 e. The maximum absolute atomic E-state index is 12.8. The van der Waals surface area contributed by atoms with Crippen LogP contribution in [0.5, 0.6) is 0 Å². The van der Waals surface area contributed by atoms with Gasteiger partial charge in [-0.25, -0.2) is 9.59 Å². The van der Waals surface area contributed by atoms with Gasteiger partial charge < -0.3 is 10.1 Å². The number of hydrogen-bond donors (Lipinski definition) is 1. The Morgan fingerprint density at radius 3 is 2.58 bits per heavy atom. The molecule has 0 saturated carbocycles. The SMILES string of the molecule is COC(=O)C1=C(C)Nc2c(c(=O)n(C)c(=O)n2C)[C@@H]1c1cccs1. The van der Waals surface area contributed by atoms with Crippen molar-refractivity contribution in [2.45, 2.75) is 12.8 Å². The van der Waals surface area contributed by atoms with Crippen LogP contribution in [0, 0.1) is 0 Å². The van der Waals surface area contributed by atoms with Crippen LogP contribution in [0.4, 0.5) is 5.82 Å². The summed E-state index contributed by atoms with van der Waals surface area (Å²) in [6.07, 6.45) is 0. The number of rotatable bonds is 2. The third kappa shape index (κ3) is 2.22. The average molecular weight is 347 g/mol. The van der Waals surface area contributed by atoms with Gasteiger partial charge in [-0.15, -0.1) is 11.3 Å². The van der Waals surface area contributed by atoms with Gasteiger partial charge in [0, 0.05) is 24.7 Å². The normalized spacial score (nSPS) is 16.6. The molecule has 2 aromatic heterocycles. The minimum Gasteiger partial charge on any atom is -0.466 e. The van der Waals surface area contributed by atoms with E-state index in [2.05, 4.69) is 5.32 Å². The quantitative estimate of drug-likeness (QED) is 0.824. The van der Waals surface area contributed by atoms with Crippen molar-refractivity contribution in [3.05, 3.63) is 60.1 Å². The fourth-order valence-corrected chi connectivity index (χ4v) is 3.85. The largest absolute Gasteiger partial charge is 0.466 e. The molecule has 0 bridgehead atoms. The van der Waals surface area contributed by atoms with Gasteiger partial charge in [0.05, 0.1) is 24.2 Å². The molecule has 0 unspecified atom stereocenters. The Kier molecular flexibility index (Phi) is 3.92. The van der Waals surface area contributed by atoms with E-state index in [4.69, 9.17) is 4.74 Å². The van der Waals surface area contributed by atoms with Crippen LogP contribution in [0.25, 0.3) is 0 Å². The summed E-state index contributed by atoms with van der Waals surface area (Å²) < 4.78 is 7.35. The van der Waals surface area contributed by atoms with Gasteiger partial charge in [-0.1, -0.05) is 6.07 Å². The lowest BCUT2D eigenvalue weighted by atomic mass is 9.86. The highest BCUT2D eigenvalue weighted by atomic mass is 32.1. The van der Waals surface area contributed by atoms with Crippen LogP contribution in [-0.2, 0) is 23.6 Å². The van der Waals surface area contributed by atoms with Crippen LogP contribution >= 0.6 is 11.3 Å². The Morgan fingerprint density at radius 1 is 1.29 bits per heavy atom. The van der Waals surface area contributed by atoms with Crippen molar-refractivity contribution in [2.75, 3.05) is 12.4 Å². The Hall–Kier alpha value is -2.61. The Morgan fingerprint density at radius 2 is 2.00 bits per heavy atom. The molecule has 2 aromatic rings. The van der Waals surface area contributed by atoms with Gasteiger partial charge in [-0.05, 0) is 18.4 Å². The van der Waals surface area contributed by atoms with Crippen molar-refractivity contribution in [1.82, 2.24) is 9.13 Å². The van der Waals surface area contributed by atoms with E-state index in [0.29, 0.717) is 22.7 Å².